The number of likely N-dealkylation sites (tertiary alicyclic amines) is 1. The minimum absolute atomic E-state index is 0.0192. The van der Waals surface area contributed by atoms with Crippen LogP contribution in [0.4, 0.5) is 5.69 Å². The average molecular weight is 275 g/mol. The largest absolute Gasteiger partial charge is 0.329 e. The van der Waals surface area contributed by atoms with E-state index in [9.17, 15) is 9.59 Å². The molecular formula is C15H21N3O2. The number of hydrogen-bond donors (Lipinski definition) is 2. The van der Waals surface area contributed by atoms with Crippen LogP contribution in [-0.4, -0.2) is 42.3 Å². The molecule has 1 atom stereocenters. The van der Waals surface area contributed by atoms with Crippen molar-refractivity contribution < 1.29 is 9.59 Å². The van der Waals surface area contributed by atoms with Crippen LogP contribution in [0.25, 0.3) is 0 Å². The Hall–Kier alpha value is -1.72. The lowest BCUT2D eigenvalue weighted by Crippen LogP contribution is -2.40. The van der Waals surface area contributed by atoms with Crippen molar-refractivity contribution in [3.8, 4) is 0 Å². The molecule has 108 valence electrons. The number of carbonyl (C=O) groups excluding carboxylic acids is 2. The monoisotopic (exact) mass is 275 g/mol. The van der Waals surface area contributed by atoms with Gasteiger partial charge in [0.2, 0.25) is 5.91 Å². The van der Waals surface area contributed by atoms with Gasteiger partial charge in [0, 0.05) is 23.8 Å². The minimum Gasteiger partial charge on any atom is -0.329 e. The molecule has 1 aliphatic heterocycles. The van der Waals surface area contributed by atoms with Gasteiger partial charge >= 0.3 is 0 Å². The van der Waals surface area contributed by atoms with E-state index in [-0.39, 0.29) is 11.7 Å². The molecule has 1 saturated heterocycles. The fraction of sp³-hybridized carbons (Fsp3) is 0.467. The van der Waals surface area contributed by atoms with Gasteiger partial charge in [-0.2, -0.15) is 0 Å². The number of amides is 1. The van der Waals surface area contributed by atoms with Crippen LogP contribution >= 0.6 is 0 Å². The molecule has 0 saturated carbocycles. The van der Waals surface area contributed by atoms with Gasteiger partial charge in [-0.3, -0.25) is 14.5 Å². The second-order valence-corrected chi connectivity index (χ2v) is 5.18. The highest BCUT2D eigenvalue weighted by atomic mass is 16.2. The normalized spacial score (nSPS) is 19.0. The number of carbonyl (C=O) groups is 2. The van der Waals surface area contributed by atoms with E-state index in [4.69, 9.17) is 5.73 Å². The first kappa shape index (κ1) is 14.7. The van der Waals surface area contributed by atoms with Gasteiger partial charge in [0.05, 0.1) is 6.54 Å². The number of hydrogen-bond acceptors (Lipinski definition) is 4. The Kier molecular flexibility index (Phi) is 4.87. The summed E-state index contributed by atoms with van der Waals surface area (Å²) in [6, 6.07) is 7.26. The molecule has 0 spiro atoms. The predicted octanol–water partition coefficient (Wildman–Crippen LogP) is 1.25. The molecule has 0 radical (unpaired) electrons. The molecule has 1 aromatic rings. The standard InChI is InChI=1S/C15H21N3O2/c1-11(19)12-4-6-13(7-5-12)17-15(20)10-18-8-2-3-14(18)9-16/h4-7,14H,2-3,8-10,16H2,1H3,(H,17,20). The van der Waals surface area contributed by atoms with E-state index in [0.29, 0.717) is 30.4 Å². The lowest BCUT2D eigenvalue weighted by Gasteiger charge is -2.22. The predicted molar refractivity (Wildman–Crippen MR) is 78.7 cm³/mol. The Morgan fingerprint density at radius 2 is 2.05 bits per heavy atom. The molecule has 1 fully saturated rings. The third kappa shape index (κ3) is 3.65. The molecule has 5 nitrogen and oxygen atoms in total. The summed E-state index contributed by atoms with van der Waals surface area (Å²) in [7, 11) is 0. The summed E-state index contributed by atoms with van der Waals surface area (Å²) in [6.07, 6.45) is 2.17. The highest BCUT2D eigenvalue weighted by Crippen LogP contribution is 2.16. The van der Waals surface area contributed by atoms with E-state index in [0.717, 1.165) is 19.4 Å². The van der Waals surface area contributed by atoms with E-state index >= 15 is 0 Å². The van der Waals surface area contributed by atoms with Gasteiger partial charge in [-0.1, -0.05) is 0 Å². The summed E-state index contributed by atoms with van der Waals surface area (Å²) in [6.45, 7) is 3.42. The third-order valence-electron chi connectivity index (χ3n) is 3.69. The molecule has 3 N–H and O–H groups in total. The second-order valence-electron chi connectivity index (χ2n) is 5.18. The summed E-state index contributed by atoms with van der Waals surface area (Å²) >= 11 is 0. The van der Waals surface area contributed by atoms with Crippen molar-refractivity contribution in [2.45, 2.75) is 25.8 Å². The van der Waals surface area contributed by atoms with Crippen LogP contribution in [0.1, 0.15) is 30.1 Å². The summed E-state index contributed by atoms with van der Waals surface area (Å²) < 4.78 is 0. The van der Waals surface area contributed by atoms with Crippen molar-refractivity contribution in [1.82, 2.24) is 4.90 Å². The van der Waals surface area contributed by atoms with Gasteiger partial charge in [0.1, 0.15) is 0 Å². The molecule has 1 aliphatic rings. The average Bonchev–Trinajstić information content (AvgIpc) is 2.86. The summed E-state index contributed by atoms with van der Waals surface area (Å²) in [4.78, 5) is 25.3. The summed E-state index contributed by atoms with van der Waals surface area (Å²) in [5, 5.41) is 2.85. The van der Waals surface area contributed by atoms with Crippen LogP contribution in [0.2, 0.25) is 0 Å². The Bertz CT molecular complexity index is 484. The molecular weight excluding hydrogens is 254 g/mol. The van der Waals surface area contributed by atoms with Crippen LogP contribution in [0, 0.1) is 0 Å². The second kappa shape index (κ2) is 6.63. The maximum Gasteiger partial charge on any atom is 0.238 e. The Labute approximate surface area is 119 Å². The topological polar surface area (TPSA) is 75.4 Å². The van der Waals surface area contributed by atoms with Crippen molar-refractivity contribution in [2.75, 3.05) is 25.0 Å². The number of nitrogens with zero attached hydrogens (tertiary/aromatic N) is 1. The molecule has 2 rings (SSSR count). The maximum atomic E-state index is 12.0. The van der Waals surface area contributed by atoms with E-state index in [1.165, 1.54) is 6.92 Å². The van der Waals surface area contributed by atoms with E-state index < -0.39 is 0 Å². The van der Waals surface area contributed by atoms with Crippen molar-refractivity contribution in [1.29, 1.82) is 0 Å². The number of nitrogens with two attached hydrogens (primary N) is 1. The first-order chi connectivity index (χ1) is 9.60. The molecule has 0 aromatic heterocycles. The first-order valence-electron chi connectivity index (χ1n) is 6.95. The van der Waals surface area contributed by atoms with Gasteiger partial charge in [-0.05, 0) is 50.6 Å². The highest BCUT2D eigenvalue weighted by molar-refractivity contribution is 5.96. The fourth-order valence-corrected chi connectivity index (χ4v) is 2.54. The fourth-order valence-electron chi connectivity index (χ4n) is 2.54. The SMILES string of the molecule is CC(=O)c1ccc(NC(=O)CN2CCCC2CN)cc1. The molecule has 0 aliphatic carbocycles. The zero-order valence-electron chi connectivity index (χ0n) is 11.8. The van der Waals surface area contributed by atoms with Crippen molar-refractivity contribution in [3.05, 3.63) is 29.8 Å². The van der Waals surface area contributed by atoms with Gasteiger partial charge in [-0.15, -0.1) is 0 Å². The summed E-state index contributed by atoms with van der Waals surface area (Å²) in [5.41, 5.74) is 7.05. The van der Waals surface area contributed by atoms with Gasteiger partial charge in [-0.25, -0.2) is 0 Å². The zero-order chi connectivity index (χ0) is 14.5. The number of Topliss-reactive ketones (excluding diaryl/α,β-unsaturated/α-hetero) is 1. The van der Waals surface area contributed by atoms with E-state index in [1.807, 2.05) is 0 Å². The number of ketones is 1. The van der Waals surface area contributed by atoms with Crippen LogP contribution in [0.15, 0.2) is 24.3 Å². The van der Waals surface area contributed by atoms with Crippen molar-refractivity contribution in [2.24, 2.45) is 5.73 Å². The maximum absolute atomic E-state index is 12.0. The number of anilines is 1. The molecule has 1 amide bonds. The molecule has 5 heteroatoms. The Balaban J connectivity index is 1.89. The Morgan fingerprint density at radius 1 is 1.35 bits per heavy atom. The molecule has 1 aromatic carbocycles. The number of rotatable bonds is 5. The zero-order valence-corrected chi connectivity index (χ0v) is 11.8. The van der Waals surface area contributed by atoms with Crippen LogP contribution in [-0.2, 0) is 4.79 Å². The van der Waals surface area contributed by atoms with Crippen LogP contribution in [0.3, 0.4) is 0 Å². The third-order valence-corrected chi connectivity index (χ3v) is 3.69. The smallest absolute Gasteiger partial charge is 0.238 e. The van der Waals surface area contributed by atoms with E-state index in [2.05, 4.69) is 10.2 Å². The first-order valence-corrected chi connectivity index (χ1v) is 6.95. The molecule has 0 bridgehead atoms. The van der Waals surface area contributed by atoms with Gasteiger partial charge < -0.3 is 11.1 Å². The van der Waals surface area contributed by atoms with Gasteiger partial charge in [0.15, 0.2) is 5.78 Å². The Morgan fingerprint density at radius 3 is 2.65 bits per heavy atom. The van der Waals surface area contributed by atoms with Crippen molar-refractivity contribution >= 4 is 17.4 Å². The molecule has 1 unspecified atom stereocenters. The number of benzene rings is 1. The minimum atomic E-state index is -0.0408. The van der Waals surface area contributed by atoms with Crippen LogP contribution in [0.5, 0.6) is 0 Å². The lowest BCUT2D eigenvalue weighted by atomic mass is 10.1. The number of nitrogens with one attached hydrogen (secondary N) is 1. The molecule has 1 heterocycles. The lowest BCUT2D eigenvalue weighted by molar-refractivity contribution is -0.117. The molecule has 20 heavy (non-hydrogen) atoms. The van der Waals surface area contributed by atoms with Crippen LogP contribution < -0.4 is 11.1 Å². The highest BCUT2D eigenvalue weighted by Gasteiger charge is 2.24. The van der Waals surface area contributed by atoms with E-state index in [1.54, 1.807) is 24.3 Å². The quantitative estimate of drug-likeness (QED) is 0.793. The van der Waals surface area contributed by atoms with Crippen molar-refractivity contribution in [3.63, 3.8) is 0 Å². The van der Waals surface area contributed by atoms with Gasteiger partial charge in [0.25, 0.3) is 0 Å². The summed E-state index contributed by atoms with van der Waals surface area (Å²) in [5.74, 6) is -0.0216.